The number of benzene rings is 2. The molecule has 0 bridgehead atoms. The van der Waals surface area contributed by atoms with Crippen LogP contribution in [0, 0.1) is 11.8 Å². The van der Waals surface area contributed by atoms with Gasteiger partial charge in [0, 0.05) is 16.5 Å². The maximum atomic E-state index is 13.8. The molecule has 41 heavy (non-hydrogen) atoms. The minimum absolute atomic E-state index is 0.0272. The van der Waals surface area contributed by atoms with Gasteiger partial charge in [0.2, 0.25) is 5.88 Å². The fraction of sp³-hybridized carbons (Fsp3) is 0.500. The van der Waals surface area contributed by atoms with Crippen LogP contribution < -0.4 is 4.74 Å². The van der Waals surface area contributed by atoms with E-state index in [1.807, 2.05) is 25.1 Å². The summed E-state index contributed by atoms with van der Waals surface area (Å²) in [6.45, 7) is 13.2. The molecule has 1 aliphatic rings. The number of nitrogens with zero attached hydrogens (tertiary/aromatic N) is 1. The smallest absolute Gasteiger partial charge is 0.216 e. The Morgan fingerprint density at radius 2 is 1.90 bits per heavy atom. The molecule has 5 heteroatoms. The third-order valence-corrected chi connectivity index (χ3v) is 8.91. The number of ketones is 1. The molecule has 1 N–H and O–H groups in total. The summed E-state index contributed by atoms with van der Waals surface area (Å²) in [5.74, 6) is 2.10. The van der Waals surface area contributed by atoms with Crippen molar-refractivity contribution < 1.29 is 9.53 Å². The van der Waals surface area contributed by atoms with Gasteiger partial charge in [-0.3, -0.25) is 4.79 Å². The number of ether oxygens (including phenoxy) is 1. The van der Waals surface area contributed by atoms with Gasteiger partial charge in [0.1, 0.15) is 0 Å². The predicted octanol–water partition coefficient (Wildman–Crippen LogP) is 10.3. The molecule has 0 radical (unpaired) electrons. The first kappa shape index (κ1) is 32.7. The number of carbonyl (C=O) groups excluding carboxylic acids is 1. The Labute approximate surface area is 252 Å². The zero-order valence-corrected chi connectivity index (χ0v) is 26.9. The first-order chi connectivity index (χ1) is 19.8. The van der Waals surface area contributed by atoms with E-state index in [4.69, 9.17) is 16.3 Å². The molecule has 4 rings (SSSR count). The number of rotatable bonds is 11. The van der Waals surface area contributed by atoms with E-state index in [2.05, 4.69) is 69.1 Å². The number of allylic oxidation sites excluding steroid dienone is 2. The molecule has 0 spiro atoms. The molecule has 1 aromatic heterocycles. The monoisotopic (exact) mass is 576 g/mol. The Kier molecular flexibility index (Phi) is 12.7. The number of H-pyrrole nitrogens is 1. The molecule has 3 aromatic rings. The first-order valence-electron chi connectivity index (χ1n) is 15.5. The van der Waals surface area contributed by atoms with Crippen molar-refractivity contribution in [1.82, 2.24) is 10.2 Å². The normalized spacial score (nSPS) is 16.3. The van der Waals surface area contributed by atoms with Crippen molar-refractivity contribution in [3.63, 3.8) is 0 Å². The van der Waals surface area contributed by atoms with E-state index in [1.54, 1.807) is 13.3 Å². The lowest BCUT2D eigenvalue weighted by molar-refractivity contribution is -0.117. The van der Waals surface area contributed by atoms with Crippen LogP contribution in [-0.4, -0.2) is 23.1 Å². The molecule has 3 atom stereocenters. The number of nitrogens with one attached hydrogen (secondary N) is 1. The number of Topliss-reactive ketones (excluding diaryl/α,β-unsaturated/α-hetero) is 1. The summed E-state index contributed by atoms with van der Waals surface area (Å²) in [4.78, 5) is 13.8. The Balaban J connectivity index is 0.000000507. The third-order valence-electron chi connectivity index (χ3n) is 8.67. The predicted molar refractivity (Wildman–Crippen MR) is 174 cm³/mol. The lowest BCUT2D eigenvalue weighted by atomic mass is 9.77. The molecule has 222 valence electrons. The highest BCUT2D eigenvalue weighted by Crippen LogP contribution is 2.37. The Hall–Kier alpha value is -2.85. The first-order valence-corrected chi connectivity index (χ1v) is 15.8. The minimum atomic E-state index is -0.0272. The van der Waals surface area contributed by atoms with E-state index in [-0.39, 0.29) is 11.7 Å². The highest BCUT2D eigenvalue weighted by atomic mass is 35.5. The standard InChI is InChI=1S/C28H31ClN2O2.C8H18/c1-5-17(3)25-15-19(26-16-30-31-28(26)33-4)10-12-24(25)23(6-2)27(32)20-8-7-18-9-11-22(29)14-21(18)13-20;1-4-6-7-8(3)5-2/h6,9-12,14-17,20H,5,7-8,13H2,1-4H3,(H,30,31);8H,4-7H2,1-3H3/b23-6+;. The average molecular weight is 577 g/mol. The topological polar surface area (TPSA) is 55.0 Å². The molecule has 1 heterocycles. The van der Waals surface area contributed by atoms with Crippen LogP contribution in [-0.2, 0) is 17.6 Å². The number of hydrogen-bond acceptors (Lipinski definition) is 3. The molecule has 2 aromatic carbocycles. The summed E-state index contributed by atoms with van der Waals surface area (Å²) in [5, 5.41) is 7.75. The Morgan fingerprint density at radius 3 is 2.56 bits per heavy atom. The largest absolute Gasteiger partial charge is 0.481 e. The molecule has 0 fully saturated rings. The second kappa shape index (κ2) is 16.0. The molecule has 0 saturated heterocycles. The number of aromatic amines is 1. The van der Waals surface area contributed by atoms with Gasteiger partial charge in [-0.1, -0.05) is 102 Å². The van der Waals surface area contributed by atoms with Crippen LogP contribution in [0.5, 0.6) is 5.88 Å². The van der Waals surface area contributed by atoms with E-state index in [1.165, 1.54) is 42.4 Å². The van der Waals surface area contributed by atoms with Crippen molar-refractivity contribution in [1.29, 1.82) is 0 Å². The minimum Gasteiger partial charge on any atom is -0.481 e. The van der Waals surface area contributed by atoms with Crippen molar-refractivity contribution in [3.05, 3.63) is 75.9 Å². The van der Waals surface area contributed by atoms with E-state index in [9.17, 15) is 4.79 Å². The van der Waals surface area contributed by atoms with Gasteiger partial charge in [-0.05, 0) is 84.4 Å². The maximum Gasteiger partial charge on any atom is 0.216 e. The second-order valence-electron chi connectivity index (χ2n) is 11.5. The molecular weight excluding hydrogens is 528 g/mol. The number of aromatic nitrogens is 2. The van der Waals surface area contributed by atoms with E-state index < -0.39 is 0 Å². The van der Waals surface area contributed by atoms with Crippen molar-refractivity contribution >= 4 is 23.0 Å². The SMILES string of the molecule is C/C=C(/C(=O)C1CCc2ccc(Cl)cc2C1)c1ccc(-c2cn[nH]c2OC)cc1C(C)CC.CCCCC(C)CC. The number of halogens is 1. The molecule has 0 amide bonds. The summed E-state index contributed by atoms with van der Waals surface area (Å²) in [5.41, 5.74) is 7.48. The Bertz CT molecular complexity index is 1310. The van der Waals surface area contributed by atoms with Crippen LogP contribution in [0.2, 0.25) is 5.02 Å². The van der Waals surface area contributed by atoms with Crippen LogP contribution in [0.3, 0.4) is 0 Å². The van der Waals surface area contributed by atoms with Gasteiger partial charge in [0.25, 0.3) is 0 Å². The maximum absolute atomic E-state index is 13.8. The summed E-state index contributed by atoms with van der Waals surface area (Å²) >= 11 is 6.23. The van der Waals surface area contributed by atoms with Crippen LogP contribution >= 0.6 is 11.6 Å². The molecule has 1 aliphatic carbocycles. The van der Waals surface area contributed by atoms with E-state index in [0.717, 1.165) is 58.9 Å². The highest BCUT2D eigenvalue weighted by Gasteiger charge is 2.29. The van der Waals surface area contributed by atoms with Crippen molar-refractivity contribution in [2.45, 2.75) is 98.8 Å². The van der Waals surface area contributed by atoms with Gasteiger partial charge in [-0.15, -0.1) is 0 Å². The number of unbranched alkanes of at least 4 members (excludes halogenated alkanes) is 1. The highest BCUT2D eigenvalue weighted by molar-refractivity contribution is 6.30. The summed E-state index contributed by atoms with van der Waals surface area (Å²) < 4.78 is 5.43. The summed E-state index contributed by atoms with van der Waals surface area (Å²) in [6, 6.07) is 12.4. The lowest BCUT2D eigenvalue weighted by Crippen LogP contribution is -2.24. The van der Waals surface area contributed by atoms with E-state index >= 15 is 0 Å². The van der Waals surface area contributed by atoms with Crippen LogP contribution in [0.4, 0.5) is 0 Å². The number of methoxy groups -OCH3 is 1. The molecule has 0 aliphatic heterocycles. The van der Waals surface area contributed by atoms with Crippen molar-refractivity contribution in [3.8, 4) is 17.0 Å². The second-order valence-corrected chi connectivity index (χ2v) is 11.9. The van der Waals surface area contributed by atoms with Gasteiger partial charge < -0.3 is 4.74 Å². The van der Waals surface area contributed by atoms with Crippen molar-refractivity contribution in [2.75, 3.05) is 7.11 Å². The summed E-state index contributed by atoms with van der Waals surface area (Å²) in [7, 11) is 1.63. The van der Waals surface area contributed by atoms with Gasteiger partial charge in [0.15, 0.2) is 5.78 Å². The number of hydrogen-bond donors (Lipinski definition) is 1. The number of carbonyl (C=O) groups is 1. The van der Waals surface area contributed by atoms with Crippen molar-refractivity contribution in [2.24, 2.45) is 11.8 Å². The average Bonchev–Trinajstić information content (AvgIpc) is 3.49. The third kappa shape index (κ3) is 8.35. The zero-order chi connectivity index (χ0) is 29.9. The quantitative estimate of drug-likeness (QED) is 0.231. The molecule has 0 saturated carbocycles. The Morgan fingerprint density at radius 1 is 1.12 bits per heavy atom. The fourth-order valence-corrected chi connectivity index (χ4v) is 5.79. The van der Waals surface area contributed by atoms with Crippen LogP contribution in [0.1, 0.15) is 108 Å². The number of aryl methyl sites for hydroxylation is 1. The van der Waals surface area contributed by atoms with Crippen LogP contribution in [0.25, 0.3) is 16.7 Å². The number of fused-ring (bicyclic) bond motifs is 1. The van der Waals surface area contributed by atoms with Gasteiger partial charge >= 0.3 is 0 Å². The zero-order valence-electron chi connectivity index (χ0n) is 26.1. The summed E-state index contributed by atoms with van der Waals surface area (Å²) in [6.07, 6.45) is 12.8. The fourth-order valence-electron chi connectivity index (χ4n) is 5.60. The van der Waals surface area contributed by atoms with Gasteiger partial charge in [0.05, 0.1) is 18.9 Å². The molecule has 3 unspecified atom stereocenters. The van der Waals surface area contributed by atoms with E-state index in [0.29, 0.717) is 11.8 Å². The molecular formula is C36H49ClN2O2. The van der Waals surface area contributed by atoms with Gasteiger partial charge in [-0.2, -0.15) is 5.10 Å². The van der Waals surface area contributed by atoms with Gasteiger partial charge in [-0.25, -0.2) is 5.10 Å². The lowest BCUT2D eigenvalue weighted by Gasteiger charge is -2.26. The van der Waals surface area contributed by atoms with Crippen LogP contribution in [0.15, 0.2) is 48.7 Å². The molecule has 4 nitrogen and oxygen atoms in total.